The molecular formula is C9H12F3N3O2. The van der Waals surface area contributed by atoms with E-state index in [9.17, 15) is 18.3 Å². The molecule has 8 heteroatoms. The average Bonchev–Trinajstić information content (AvgIpc) is 2.81. The second-order valence-corrected chi connectivity index (χ2v) is 4.01. The lowest BCUT2D eigenvalue weighted by Crippen LogP contribution is -2.15. The van der Waals surface area contributed by atoms with Crippen molar-refractivity contribution in [2.75, 3.05) is 6.54 Å². The van der Waals surface area contributed by atoms with Crippen molar-refractivity contribution in [3.05, 3.63) is 11.7 Å². The number of hydrogen-bond donors (Lipinski definition) is 2. The largest absolute Gasteiger partial charge is 0.392 e. The average molecular weight is 251 g/mol. The van der Waals surface area contributed by atoms with Crippen molar-refractivity contribution in [2.45, 2.75) is 37.6 Å². The molecule has 0 aromatic carbocycles. The van der Waals surface area contributed by atoms with E-state index in [-0.39, 0.29) is 24.2 Å². The van der Waals surface area contributed by atoms with E-state index in [1.165, 1.54) is 0 Å². The molecule has 0 radical (unpaired) electrons. The van der Waals surface area contributed by atoms with Crippen molar-refractivity contribution in [2.24, 2.45) is 0 Å². The summed E-state index contributed by atoms with van der Waals surface area (Å²) in [4.78, 5) is 3.88. The van der Waals surface area contributed by atoms with E-state index in [1.807, 2.05) is 0 Å². The maximum Gasteiger partial charge on any atom is 0.389 e. The number of nitrogens with one attached hydrogen (secondary N) is 1. The highest BCUT2D eigenvalue weighted by molar-refractivity contribution is 4.97. The van der Waals surface area contributed by atoms with Crippen LogP contribution in [0.2, 0.25) is 0 Å². The Morgan fingerprint density at radius 2 is 2.24 bits per heavy atom. The van der Waals surface area contributed by atoms with E-state index in [2.05, 4.69) is 15.5 Å². The number of hydrogen-bond acceptors (Lipinski definition) is 5. The van der Waals surface area contributed by atoms with Gasteiger partial charge in [-0.3, -0.25) is 0 Å². The normalized spacial score (nSPS) is 25.4. The summed E-state index contributed by atoms with van der Waals surface area (Å²) in [7, 11) is 0. The quantitative estimate of drug-likeness (QED) is 0.837. The highest BCUT2D eigenvalue weighted by atomic mass is 19.4. The van der Waals surface area contributed by atoms with E-state index in [4.69, 9.17) is 4.52 Å². The van der Waals surface area contributed by atoms with Gasteiger partial charge in [0.25, 0.3) is 0 Å². The Bertz CT molecular complexity index is 380. The van der Waals surface area contributed by atoms with Crippen molar-refractivity contribution in [3.63, 3.8) is 0 Å². The second kappa shape index (κ2) is 4.61. The third-order valence-electron chi connectivity index (χ3n) is 2.52. The molecular weight excluding hydrogens is 239 g/mol. The molecule has 1 saturated heterocycles. The molecule has 1 aromatic heterocycles. The van der Waals surface area contributed by atoms with Crippen molar-refractivity contribution in [3.8, 4) is 0 Å². The maximum atomic E-state index is 12.0. The maximum absolute atomic E-state index is 12.0. The predicted molar refractivity (Wildman–Crippen MR) is 50.0 cm³/mol. The minimum absolute atomic E-state index is 0.0421. The molecule has 1 fully saturated rings. The molecule has 2 N–H and O–H groups in total. The van der Waals surface area contributed by atoms with Crippen LogP contribution in [-0.2, 0) is 6.42 Å². The molecule has 17 heavy (non-hydrogen) atoms. The number of rotatable bonds is 3. The summed E-state index contributed by atoms with van der Waals surface area (Å²) >= 11 is 0. The first-order valence-electron chi connectivity index (χ1n) is 5.25. The van der Waals surface area contributed by atoms with E-state index < -0.39 is 18.7 Å². The number of alkyl halides is 3. The lowest BCUT2D eigenvalue weighted by molar-refractivity contribution is -0.134. The first kappa shape index (κ1) is 12.3. The van der Waals surface area contributed by atoms with Gasteiger partial charge in [0.2, 0.25) is 5.89 Å². The second-order valence-electron chi connectivity index (χ2n) is 4.01. The molecule has 1 aliphatic rings. The zero-order chi connectivity index (χ0) is 12.5. The molecule has 96 valence electrons. The van der Waals surface area contributed by atoms with Crippen LogP contribution < -0.4 is 5.32 Å². The number of aliphatic hydroxyl groups excluding tert-OH is 1. The molecule has 0 aliphatic carbocycles. The van der Waals surface area contributed by atoms with Gasteiger partial charge in [-0.05, 0) is 6.42 Å². The highest BCUT2D eigenvalue weighted by Gasteiger charge is 2.30. The third kappa shape index (κ3) is 3.40. The Balaban J connectivity index is 1.92. The molecule has 2 atom stereocenters. The van der Waals surface area contributed by atoms with Gasteiger partial charge in [0.05, 0.1) is 18.6 Å². The standard InChI is InChI=1S/C9H12F3N3O2/c10-9(11,12)2-1-7-14-8(17-15-7)6-3-5(16)4-13-6/h5-6,13,16H,1-4H2/t5?,6-/m0/s1. The van der Waals surface area contributed by atoms with Crippen LogP contribution in [0.15, 0.2) is 4.52 Å². The van der Waals surface area contributed by atoms with Gasteiger partial charge in [-0.15, -0.1) is 0 Å². The topological polar surface area (TPSA) is 71.2 Å². The van der Waals surface area contributed by atoms with Gasteiger partial charge >= 0.3 is 6.18 Å². The summed E-state index contributed by atoms with van der Waals surface area (Å²) in [5.41, 5.74) is 0. The van der Waals surface area contributed by atoms with Crippen LogP contribution in [-0.4, -0.2) is 34.1 Å². The van der Waals surface area contributed by atoms with Crippen molar-refractivity contribution in [1.29, 1.82) is 0 Å². The lowest BCUT2D eigenvalue weighted by Gasteiger charge is -2.02. The Hall–Kier alpha value is -1.15. The van der Waals surface area contributed by atoms with Crippen molar-refractivity contribution < 1.29 is 22.8 Å². The molecule has 0 spiro atoms. The zero-order valence-corrected chi connectivity index (χ0v) is 8.87. The number of aromatic nitrogens is 2. The highest BCUT2D eigenvalue weighted by Crippen LogP contribution is 2.24. The Kier molecular flexibility index (Phi) is 3.34. The fraction of sp³-hybridized carbons (Fsp3) is 0.778. The molecule has 1 unspecified atom stereocenters. The van der Waals surface area contributed by atoms with Gasteiger partial charge in [0, 0.05) is 13.0 Å². The van der Waals surface area contributed by atoms with Gasteiger partial charge in [0.1, 0.15) is 0 Å². The molecule has 0 amide bonds. The first-order valence-corrected chi connectivity index (χ1v) is 5.25. The van der Waals surface area contributed by atoms with Crippen LogP contribution in [0.3, 0.4) is 0 Å². The van der Waals surface area contributed by atoms with Crippen molar-refractivity contribution in [1.82, 2.24) is 15.5 Å². The fourth-order valence-electron chi connectivity index (χ4n) is 1.67. The van der Waals surface area contributed by atoms with Crippen LogP contribution >= 0.6 is 0 Å². The van der Waals surface area contributed by atoms with E-state index >= 15 is 0 Å². The molecule has 2 heterocycles. The predicted octanol–water partition coefficient (Wildman–Crippen LogP) is 0.960. The first-order chi connectivity index (χ1) is 7.94. The number of β-amino-alcohol motifs (C(OH)–C–C–N with tert-alkyl or cyclic N) is 1. The number of aliphatic hydroxyl groups is 1. The van der Waals surface area contributed by atoms with E-state index in [0.29, 0.717) is 13.0 Å². The minimum Gasteiger partial charge on any atom is -0.392 e. The van der Waals surface area contributed by atoms with Crippen LogP contribution in [0.4, 0.5) is 13.2 Å². The number of nitrogens with zero attached hydrogens (tertiary/aromatic N) is 2. The van der Waals surface area contributed by atoms with E-state index in [1.54, 1.807) is 0 Å². The van der Waals surface area contributed by atoms with Gasteiger partial charge in [-0.1, -0.05) is 5.16 Å². The number of halogens is 3. The van der Waals surface area contributed by atoms with Gasteiger partial charge in [0.15, 0.2) is 5.82 Å². The molecule has 2 rings (SSSR count). The Morgan fingerprint density at radius 3 is 2.82 bits per heavy atom. The Morgan fingerprint density at radius 1 is 1.47 bits per heavy atom. The summed E-state index contributed by atoms with van der Waals surface area (Å²) in [5, 5.41) is 15.7. The summed E-state index contributed by atoms with van der Waals surface area (Å²) in [6.07, 6.45) is -5.52. The molecule has 0 bridgehead atoms. The molecule has 1 aliphatic heterocycles. The third-order valence-corrected chi connectivity index (χ3v) is 2.52. The zero-order valence-electron chi connectivity index (χ0n) is 8.87. The fourth-order valence-corrected chi connectivity index (χ4v) is 1.67. The Labute approximate surface area is 95.0 Å². The van der Waals surface area contributed by atoms with Gasteiger partial charge < -0.3 is 14.9 Å². The van der Waals surface area contributed by atoms with Crippen LogP contribution in [0.5, 0.6) is 0 Å². The van der Waals surface area contributed by atoms with Crippen molar-refractivity contribution >= 4 is 0 Å². The van der Waals surface area contributed by atoms with Gasteiger partial charge in [-0.25, -0.2) is 0 Å². The monoisotopic (exact) mass is 251 g/mol. The summed E-state index contributed by atoms with van der Waals surface area (Å²) in [5.74, 6) is 0.277. The molecule has 0 saturated carbocycles. The number of aryl methyl sites for hydroxylation is 1. The molecule has 5 nitrogen and oxygen atoms in total. The summed E-state index contributed by atoms with van der Waals surface area (Å²) in [6.45, 7) is 0.422. The van der Waals surface area contributed by atoms with Crippen LogP contribution in [0.25, 0.3) is 0 Å². The lowest BCUT2D eigenvalue weighted by atomic mass is 10.2. The van der Waals surface area contributed by atoms with Gasteiger partial charge in [-0.2, -0.15) is 18.2 Å². The van der Waals surface area contributed by atoms with E-state index in [0.717, 1.165) is 0 Å². The van der Waals surface area contributed by atoms with Crippen LogP contribution in [0.1, 0.15) is 30.6 Å². The molecule has 1 aromatic rings. The van der Waals surface area contributed by atoms with Crippen LogP contribution in [0, 0.1) is 0 Å². The SMILES string of the molecule is OC1CN[C@H](c2nc(CCC(F)(F)F)no2)C1. The smallest absolute Gasteiger partial charge is 0.389 e. The minimum atomic E-state index is -4.22. The summed E-state index contributed by atoms with van der Waals surface area (Å²) < 4.78 is 40.8. The summed E-state index contributed by atoms with van der Waals surface area (Å²) in [6, 6.07) is -0.267.